The number of aliphatic hydroxyl groups is 1. The molecule has 0 aromatic carbocycles. The summed E-state index contributed by atoms with van der Waals surface area (Å²) in [7, 11) is 1.74. The normalized spacial score (nSPS) is 21.4. The van der Waals surface area contributed by atoms with E-state index < -0.39 is 5.60 Å². The first-order valence-corrected chi connectivity index (χ1v) is 6.99. The van der Waals surface area contributed by atoms with E-state index >= 15 is 0 Å². The van der Waals surface area contributed by atoms with Crippen molar-refractivity contribution in [2.45, 2.75) is 32.5 Å². The van der Waals surface area contributed by atoms with E-state index in [0.29, 0.717) is 24.3 Å². The highest BCUT2D eigenvalue weighted by Gasteiger charge is 2.36. The van der Waals surface area contributed by atoms with Gasteiger partial charge in [-0.15, -0.1) is 0 Å². The minimum atomic E-state index is -0.504. The second-order valence-corrected chi connectivity index (χ2v) is 6.15. The summed E-state index contributed by atoms with van der Waals surface area (Å²) in [6.07, 6.45) is 1.27. The van der Waals surface area contributed by atoms with Gasteiger partial charge in [-0.2, -0.15) is 0 Å². The van der Waals surface area contributed by atoms with Crippen molar-refractivity contribution in [2.75, 3.05) is 19.7 Å². The molecule has 0 radical (unpaired) electrons. The van der Waals surface area contributed by atoms with Crippen molar-refractivity contribution >= 4 is 11.7 Å². The summed E-state index contributed by atoms with van der Waals surface area (Å²) in [4.78, 5) is 25.8. The SMILES string of the molecule is CC(=O)c1cc(C(=O)N2CC(CO)OC(C)(C)C2)n(C)c1. The molecule has 6 nitrogen and oxygen atoms in total. The summed E-state index contributed by atoms with van der Waals surface area (Å²) in [5, 5.41) is 9.31. The van der Waals surface area contributed by atoms with Crippen LogP contribution in [-0.2, 0) is 11.8 Å². The Morgan fingerprint density at radius 1 is 1.48 bits per heavy atom. The molecule has 1 unspecified atom stereocenters. The van der Waals surface area contributed by atoms with Crippen molar-refractivity contribution in [3.05, 3.63) is 23.5 Å². The molecule has 1 aromatic heterocycles. The number of Topliss-reactive ketones (excluding diaryl/α,β-unsaturated/α-hetero) is 1. The summed E-state index contributed by atoms with van der Waals surface area (Å²) in [6.45, 7) is 5.92. The van der Waals surface area contributed by atoms with Gasteiger partial charge in [-0.05, 0) is 26.8 Å². The van der Waals surface area contributed by atoms with E-state index in [9.17, 15) is 14.7 Å². The number of carbonyl (C=O) groups excluding carboxylic acids is 2. The second kappa shape index (κ2) is 5.61. The fourth-order valence-corrected chi connectivity index (χ4v) is 2.68. The lowest BCUT2D eigenvalue weighted by molar-refractivity contribution is -0.139. The van der Waals surface area contributed by atoms with Gasteiger partial charge in [0.1, 0.15) is 5.69 Å². The molecular weight excluding hydrogens is 272 g/mol. The van der Waals surface area contributed by atoms with Gasteiger partial charge >= 0.3 is 0 Å². The Morgan fingerprint density at radius 3 is 2.67 bits per heavy atom. The Balaban J connectivity index is 2.24. The average molecular weight is 294 g/mol. The summed E-state index contributed by atoms with van der Waals surface area (Å²) < 4.78 is 7.37. The first kappa shape index (κ1) is 15.7. The van der Waals surface area contributed by atoms with Gasteiger partial charge in [0.15, 0.2) is 5.78 Å². The number of rotatable bonds is 3. The monoisotopic (exact) mass is 294 g/mol. The molecule has 2 rings (SSSR count). The third kappa shape index (κ3) is 3.33. The zero-order valence-electron chi connectivity index (χ0n) is 12.9. The van der Waals surface area contributed by atoms with Gasteiger partial charge < -0.3 is 19.3 Å². The highest BCUT2D eigenvalue weighted by Crippen LogP contribution is 2.23. The van der Waals surface area contributed by atoms with Crippen molar-refractivity contribution in [1.29, 1.82) is 0 Å². The van der Waals surface area contributed by atoms with Crippen molar-refractivity contribution in [3.63, 3.8) is 0 Å². The molecule has 0 saturated carbocycles. The predicted molar refractivity (Wildman–Crippen MR) is 77.4 cm³/mol. The van der Waals surface area contributed by atoms with Crippen molar-refractivity contribution < 1.29 is 19.4 Å². The Labute approximate surface area is 124 Å². The van der Waals surface area contributed by atoms with Crippen molar-refractivity contribution in [3.8, 4) is 0 Å². The van der Waals surface area contributed by atoms with Crippen LogP contribution in [0.4, 0.5) is 0 Å². The fraction of sp³-hybridized carbons (Fsp3) is 0.600. The van der Waals surface area contributed by atoms with Gasteiger partial charge in [-0.1, -0.05) is 0 Å². The van der Waals surface area contributed by atoms with E-state index in [0.717, 1.165) is 0 Å². The Hall–Kier alpha value is -1.66. The molecular formula is C15H22N2O4. The van der Waals surface area contributed by atoms with Crippen LogP contribution in [0, 0.1) is 0 Å². The fourth-order valence-electron chi connectivity index (χ4n) is 2.68. The van der Waals surface area contributed by atoms with Crippen LogP contribution in [0.1, 0.15) is 41.6 Å². The second-order valence-electron chi connectivity index (χ2n) is 6.15. The molecule has 1 amide bonds. The van der Waals surface area contributed by atoms with Crippen LogP contribution in [0.5, 0.6) is 0 Å². The number of aromatic nitrogens is 1. The van der Waals surface area contributed by atoms with Gasteiger partial charge in [0, 0.05) is 31.9 Å². The molecule has 21 heavy (non-hydrogen) atoms. The maximum Gasteiger partial charge on any atom is 0.270 e. The zero-order chi connectivity index (χ0) is 15.8. The third-order valence-electron chi connectivity index (χ3n) is 3.60. The molecule has 1 N–H and O–H groups in total. The summed E-state index contributed by atoms with van der Waals surface area (Å²) in [5.41, 5.74) is 0.484. The summed E-state index contributed by atoms with van der Waals surface area (Å²) in [5.74, 6) is -0.222. The van der Waals surface area contributed by atoms with Crippen molar-refractivity contribution in [1.82, 2.24) is 9.47 Å². The van der Waals surface area contributed by atoms with Crippen molar-refractivity contribution in [2.24, 2.45) is 7.05 Å². The summed E-state index contributed by atoms with van der Waals surface area (Å²) in [6, 6.07) is 1.61. The van der Waals surface area contributed by atoms with E-state index in [1.807, 2.05) is 13.8 Å². The Bertz CT molecular complexity index is 562. The first-order chi connectivity index (χ1) is 9.73. The molecule has 116 valence electrons. The lowest BCUT2D eigenvalue weighted by Gasteiger charge is -2.42. The lowest BCUT2D eigenvalue weighted by Crippen LogP contribution is -2.55. The maximum atomic E-state index is 12.7. The number of nitrogens with zero attached hydrogens (tertiary/aromatic N) is 2. The van der Waals surface area contributed by atoms with Crippen LogP contribution in [0.25, 0.3) is 0 Å². The number of hydrogen-bond donors (Lipinski definition) is 1. The zero-order valence-corrected chi connectivity index (χ0v) is 12.9. The van der Waals surface area contributed by atoms with E-state index in [4.69, 9.17) is 4.74 Å². The molecule has 1 aliphatic rings. The quantitative estimate of drug-likeness (QED) is 0.839. The number of aliphatic hydroxyl groups excluding tert-OH is 1. The van der Waals surface area contributed by atoms with Crippen LogP contribution in [0.3, 0.4) is 0 Å². The highest BCUT2D eigenvalue weighted by molar-refractivity contribution is 5.99. The standard InChI is InChI=1S/C15H22N2O4/c1-10(19)11-5-13(16(4)6-11)14(20)17-7-12(8-18)21-15(2,3)9-17/h5-6,12,18H,7-9H2,1-4H3. The molecule has 6 heteroatoms. The molecule has 1 aromatic rings. The molecule has 0 aliphatic carbocycles. The molecule has 0 bridgehead atoms. The van der Waals surface area contributed by atoms with Gasteiger partial charge in [0.2, 0.25) is 0 Å². The van der Waals surface area contributed by atoms with Crippen LogP contribution in [-0.4, -0.2) is 57.7 Å². The number of ketones is 1. The predicted octanol–water partition coefficient (Wildman–Crippen LogP) is 0.840. The smallest absolute Gasteiger partial charge is 0.270 e. The van der Waals surface area contributed by atoms with Crippen LogP contribution < -0.4 is 0 Å². The summed E-state index contributed by atoms with van der Waals surface area (Å²) >= 11 is 0. The molecule has 1 aliphatic heterocycles. The number of amides is 1. The molecule has 1 atom stereocenters. The lowest BCUT2D eigenvalue weighted by atomic mass is 10.0. The van der Waals surface area contributed by atoms with Crippen LogP contribution in [0.15, 0.2) is 12.3 Å². The van der Waals surface area contributed by atoms with E-state index in [1.165, 1.54) is 6.92 Å². The van der Waals surface area contributed by atoms with E-state index in [1.54, 1.807) is 28.8 Å². The minimum Gasteiger partial charge on any atom is -0.394 e. The number of hydrogen-bond acceptors (Lipinski definition) is 4. The third-order valence-corrected chi connectivity index (χ3v) is 3.60. The van der Waals surface area contributed by atoms with Gasteiger partial charge in [-0.3, -0.25) is 9.59 Å². The first-order valence-electron chi connectivity index (χ1n) is 6.99. The van der Waals surface area contributed by atoms with Gasteiger partial charge in [0.25, 0.3) is 5.91 Å². The number of ether oxygens (including phenoxy) is 1. The highest BCUT2D eigenvalue weighted by atomic mass is 16.5. The Morgan fingerprint density at radius 2 is 2.14 bits per heavy atom. The molecule has 0 spiro atoms. The maximum absolute atomic E-state index is 12.7. The molecule has 2 heterocycles. The van der Waals surface area contributed by atoms with Gasteiger partial charge in [0.05, 0.1) is 18.3 Å². The van der Waals surface area contributed by atoms with E-state index in [-0.39, 0.29) is 24.4 Å². The van der Waals surface area contributed by atoms with Gasteiger partial charge in [-0.25, -0.2) is 0 Å². The number of morpholine rings is 1. The van der Waals surface area contributed by atoms with Crippen LogP contribution in [0.2, 0.25) is 0 Å². The average Bonchev–Trinajstić information content (AvgIpc) is 2.78. The molecule has 1 saturated heterocycles. The number of aryl methyl sites for hydroxylation is 1. The van der Waals surface area contributed by atoms with Crippen LogP contribution >= 0.6 is 0 Å². The topological polar surface area (TPSA) is 71.8 Å². The van der Waals surface area contributed by atoms with E-state index in [2.05, 4.69) is 0 Å². The minimum absolute atomic E-state index is 0.0693. The largest absolute Gasteiger partial charge is 0.394 e. The Kier molecular flexibility index (Phi) is 4.20. The number of carbonyl (C=O) groups is 2. The molecule has 1 fully saturated rings.